The highest BCUT2D eigenvalue weighted by Gasteiger charge is 2.19. The fraction of sp³-hybridized carbons (Fsp3) is 0.273. The van der Waals surface area contributed by atoms with Crippen LogP contribution in [-0.2, 0) is 11.3 Å². The number of aromatic nitrogens is 2. The molecule has 1 amide bonds. The predicted molar refractivity (Wildman–Crippen MR) is 118 cm³/mol. The van der Waals surface area contributed by atoms with Crippen molar-refractivity contribution in [2.75, 3.05) is 26.7 Å². The zero-order valence-corrected chi connectivity index (χ0v) is 17.7. The van der Waals surface area contributed by atoms with E-state index in [2.05, 4.69) is 27.0 Å². The molecule has 3 heterocycles. The van der Waals surface area contributed by atoms with Crippen molar-refractivity contribution in [2.24, 2.45) is 0 Å². The Morgan fingerprint density at radius 1 is 1.28 bits per heavy atom. The van der Waals surface area contributed by atoms with Gasteiger partial charge >= 0.3 is 0 Å². The summed E-state index contributed by atoms with van der Waals surface area (Å²) in [4.78, 5) is 24.1. The van der Waals surface area contributed by atoms with Crippen LogP contribution in [0, 0.1) is 0 Å². The van der Waals surface area contributed by atoms with Crippen LogP contribution in [0.5, 0.6) is 0 Å². The number of carbonyl (C=O) groups excluding carboxylic acids is 1. The number of aromatic amines is 1. The summed E-state index contributed by atoms with van der Waals surface area (Å²) in [5, 5.41) is 2.17. The molecule has 5 nitrogen and oxygen atoms in total. The van der Waals surface area contributed by atoms with Gasteiger partial charge in [-0.15, -0.1) is 0 Å². The molecule has 0 aliphatic carbocycles. The lowest BCUT2D eigenvalue weighted by Gasteiger charge is -2.28. The monoisotopic (exact) mass is 428 g/mol. The smallest absolute Gasteiger partial charge is 0.236 e. The zero-order chi connectivity index (χ0) is 20.4. The van der Waals surface area contributed by atoms with E-state index in [4.69, 9.17) is 23.2 Å². The van der Waals surface area contributed by atoms with Crippen LogP contribution in [0.25, 0.3) is 16.6 Å². The van der Waals surface area contributed by atoms with Crippen molar-refractivity contribution in [1.29, 1.82) is 0 Å². The Morgan fingerprint density at radius 3 is 2.90 bits per heavy atom. The third kappa shape index (κ3) is 4.47. The number of H-pyrrole nitrogens is 1. The quantitative estimate of drug-likeness (QED) is 0.644. The van der Waals surface area contributed by atoms with E-state index in [1.165, 1.54) is 11.1 Å². The molecule has 4 rings (SSSR count). The highest BCUT2D eigenvalue weighted by atomic mass is 35.5. The van der Waals surface area contributed by atoms with E-state index in [1.54, 1.807) is 23.2 Å². The maximum atomic E-state index is 12.6. The van der Waals surface area contributed by atoms with Gasteiger partial charge in [0.05, 0.1) is 16.6 Å². The number of fused-ring (bicyclic) bond motifs is 1. The number of rotatable bonds is 5. The van der Waals surface area contributed by atoms with Crippen molar-refractivity contribution in [3.63, 3.8) is 0 Å². The molecule has 7 heteroatoms. The van der Waals surface area contributed by atoms with Crippen LogP contribution in [0.15, 0.2) is 48.8 Å². The Morgan fingerprint density at radius 2 is 2.14 bits per heavy atom. The van der Waals surface area contributed by atoms with Crippen LogP contribution in [0.3, 0.4) is 0 Å². The molecule has 0 saturated heterocycles. The van der Waals surface area contributed by atoms with Gasteiger partial charge in [-0.05, 0) is 41.8 Å². The molecule has 0 spiro atoms. The van der Waals surface area contributed by atoms with Crippen LogP contribution in [-0.4, -0.2) is 52.4 Å². The molecule has 1 aromatic carbocycles. The van der Waals surface area contributed by atoms with Crippen molar-refractivity contribution in [2.45, 2.75) is 13.0 Å². The molecule has 1 N–H and O–H groups in total. The van der Waals surface area contributed by atoms with Gasteiger partial charge in [0.1, 0.15) is 5.65 Å². The Balaban J connectivity index is 1.36. The Labute approximate surface area is 179 Å². The second kappa shape index (κ2) is 8.57. The number of benzene rings is 1. The van der Waals surface area contributed by atoms with E-state index in [0.29, 0.717) is 23.1 Å². The van der Waals surface area contributed by atoms with Crippen LogP contribution < -0.4 is 0 Å². The number of pyridine rings is 1. The minimum absolute atomic E-state index is 0.0872. The first kappa shape index (κ1) is 20.0. The lowest BCUT2D eigenvalue weighted by atomic mass is 9.99. The van der Waals surface area contributed by atoms with Crippen LogP contribution in [0.1, 0.15) is 17.5 Å². The van der Waals surface area contributed by atoms with Gasteiger partial charge in [-0.3, -0.25) is 9.69 Å². The van der Waals surface area contributed by atoms with E-state index in [-0.39, 0.29) is 5.91 Å². The lowest BCUT2D eigenvalue weighted by molar-refractivity contribution is -0.131. The van der Waals surface area contributed by atoms with E-state index in [0.717, 1.165) is 36.1 Å². The Bertz CT molecular complexity index is 1080. The number of nitrogens with zero attached hydrogens (tertiary/aromatic N) is 3. The molecule has 0 atom stereocenters. The van der Waals surface area contributed by atoms with Gasteiger partial charge in [0, 0.05) is 50.0 Å². The molecule has 0 unspecified atom stereocenters. The number of amides is 1. The molecule has 0 radical (unpaired) electrons. The van der Waals surface area contributed by atoms with E-state index in [1.807, 2.05) is 25.4 Å². The third-order valence-electron chi connectivity index (χ3n) is 5.28. The number of likely N-dealkylation sites (N-methyl/N-ethyl adjacent to an activating group) is 1. The number of nitrogens with one attached hydrogen (secondary N) is 1. The normalized spacial score (nSPS) is 14.8. The second-order valence-corrected chi connectivity index (χ2v) is 8.13. The van der Waals surface area contributed by atoms with Gasteiger partial charge in [-0.2, -0.15) is 0 Å². The van der Waals surface area contributed by atoms with Gasteiger partial charge in [-0.1, -0.05) is 35.3 Å². The predicted octanol–water partition coefficient (Wildman–Crippen LogP) is 4.62. The first-order valence-electron chi connectivity index (χ1n) is 9.53. The minimum atomic E-state index is 0.0872. The van der Waals surface area contributed by atoms with Crippen molar-refractivity contribution >= 4 is 45.7 Å². The van der Waals surface area contributed by atoms with Crippen molar-refractivity contribution in [1.82, 2.24) is 19.8 Å². The third-order valence-corrected chi connectivity index (χ3v) is 6.02. The van der Waals surface area contributed by atoms with Gasteiger partial charge in [-0.25, -0.2) is 4.98 Å². The highest BCUT2D eigenvalue weighted by Crippen LogP contribution is 2.28. The van der Waals surface area contributed by atoms with Crippen LogP contribution in [0.4, 0.5) is 0 Å². The second-order valence-electron chi connectivity index (χ2n) is 7.31. The number of hydrogen-bond acceptors (Lipinski definition) is 3. The van der Waals surface area contributed by atoms with Gasteiger partial charge in [0.25, 0.3) is 0 Å². The average Bonchev–Trinajstić information content (AvgIpc) is 3.15. The summed E-state index contributed by atoms with van der Waals surface area (Å²) < 4.78 is 0. The molecular formula is C22H22Cl2N4O. The van der Waals surface area contributed by atoms with E-state index in [9.17, 15) is 4.79 Å². The molecular weight excluding hydrogens is 407 g/mol. The summed E-state index contributed by atoms with van der Waals surface area (Å²) in [6.07, 6.45) is 6.94. The number of carbonyl (C=O) groups is 1. The van der Waals surface area contributed by atoms with E-state index >= 15 is 0 Å². The first-order chi connectivity index (χ1) is 14.0. The fourth-order valence-corrected chi connectivity index (χ4v) is 3.95. The molecule has 3 aromatic rings. The summed E-state index contributed by atoms with van der Waals surface area (Å²) in [5.41, 5.74) is 4.38. The summed E-state index contributed by atoms with van der Waals surface area (Å²) in [5.74, 6) is 0.0872. The van der Waals surface area contributed by atoms with Crippen LogP contribution >= 0.6 is 23.2 Å². The molecule has 29 heavy (non-hydrogen) atoms. The number of halogens is 2. The highest BCUT2D eigenvalue weighted by molar-refractivity contribution is 6.42. The lowest BCUT2D eigenvalue weighted by Crippen LogP contribution is -2.39. The average molecular weight is 429 g/mol. The van der Waals surface area contributed by atoms with E-state index < -0.39 is 0 Å². The molecule has 150 valence electrons. The summed E-state index contributed by atoms with van der Waals surface area (Å²) in [7, 11) is 1.81. The molecule has 0 bridgehead atoms. The molecule has 1 aliphatic heterocycles. The topological polar surface area (TPSA) is 52.2 Å². The van der Waals surface area contributed by atoms with Gasteiger partial charge in [0.15, 0.2) is 0 Å². The summed E-state index contributed by atoms with van der Waals surface area (Å²) in [6.45, 7) is 2.52. The minimum Gasteiger partial charge on any atom is -0.346 e. The molecule has 0 fully saturated rings. The van der Waals surface area contributed by atoms with Gasteiger partial charge < -0.3 is 9.88 Å². The maximum Gasteiger partial charge on any atom is 0.236 e. The van der Waals surface area contributed by atoms with Gasteiger partial charge in [0.2, 0.25) is 5.91 Å². The summed E-state index contributed by atoms with van der Waals surface area (Å²) in [6, 6.07) is 9.50. The molecule has 1 aliphatic rings. The number of hydrogen-bond donors (Lipinski definition) is 1. The fourth-order valence-electron chi connectivity index (χ4n) is 3.63. The van der Waals surface area contributed by atoms with Crippen LogP contribution in [0.2, 0.25) is 10.0 Å². The first-order valence-corrected chi connectivity index (χ1v) is 10.3. The van der Waals surface area contributed by atoms with Crippen molar-refractivity contribution in [3.8, 4) is 0 Å². The molecule has 2 aromatic heterocycles. The van der Waals surface area contributed by atoms with Crippen molar-refractivity contribution in [3.05, 3.63) is 70.0 Å². The standard InChI is InChI=1S/C22H22Cl2N4O/c1-27(13-15-4-5-19(23)20(24)11-15)21(29)14-28-9-6-16(7-10-28)18-12-26-22-17(18)3-2-8-25-22/h2-6,8,11-12H,7,9-10,13-14H2,1H3,(H,25,26). The largest absolute Gasteiger partial charge is 0.346 e. The maximum absolute atomic E-state index is 12.6. The Kier molecular flexibility index (Phi) is 5.90. The Hall–Kier alpha value is -2.34. The van der Waals surface area contributed by atoms with Crippen molar-refractivity contribution < 1.29 is 4.79 Å². The molecule has 0 saturated carbocycles. The zero-order valence-electron chi connectivity index (χ0n) is 16.2. The SMILES string of the molecule is CN(Cc1ccc(Cl)c(Cl)c1)C(=O)CN1CC=C(c2c[nH]c3ncccc23)CC1. The summed E-state index contributed by atoms with van der Waals surface area (Å²) >= 11 is 12.0.